The molecule has 0 spiro atoms. The third-order valence-corrected chi connectivity index (χ3v) is 4.07. The second kappa shape index (κ2) is 5.43. The number of ketones is 1. The number of Topliss-reactive ketones (excluding diaryl/α,β-unsaturated/α-hetero) is 1. The smallest absolute Gasteiger partial charge is 0.342 e. The first-order valence-electron chi connectivity index (χ1n) is 6.86. The summed E-state index contributed by atoms with van der Waals surface area (Å²) in [4.78, 5) is 47.0. The van der Waals surface area contributed by atoms with Gasteiger partial charge in [-0.1, -0.05) is 0 Å². The lowest BCUT2D eigenvalue weighted by Gasteiger charge is -2.42. The van der Waals surface area contributed by atoms with Gasteiger partial charge in [0.15, 0.2) is 11.8 Å². The molecule has 3 rings (SSSR count). The number of ether oxygens (including phenoxy) is 1. The molecule has 0 bridgehead atoms. The van der Waals surface area contributed by atoms with E-state index in [-0.39, 0.29) is 24.5 Å². The first-order valence-corrected chi connectivity index (χ1v) is 6.86. The fourth-order valence-electron chi connectivity index (χ4n) is 2.92. The molecular formula is C14H12N2O7. The molecule has 1 amide bonds. The number of hydrogen-bond acceptors (Lipinski definition) is 7. The van der Waals surface area contributed by atoms with Crippen molar-refractivity contribution in [3.05, 3.63) is 34.4 Å². The summed E-state index contributed by atoms with van der Waals surface area (Å²) in [5.41, 5.74) is -0.162. The van der Waals surface area contributed by atoms with Crippen molar-refractivity contribution in [3.63, 3.8) is 0 Å². The van der Waals surface area contributed by atoms with Crippen LogP contribution in [0.2, 0.25) is 0 Å². The molecule has 2 aliphatic heterocycles. The van der Waals surface area contributed by atoms with E-state index in [0.717, 1.165) is 4.90 Å². The lowest BCUT2D eigenvalue weighted by molar-refractivity contribution is -0.384. The van der Waals surface area contributed by atoms with E-state index in [2.05, 4.69) is 0 Å². The van der Waals surface area contributed by atoms with E-state index in [1.54, 1.807) is 0 Å². The molecule has 1 aromatic carbocycles. The third-order valence-electron chi connectivity index (χ3n) is 4.07. The maximum Gasteiger partial charge on any atom is 0.342 e. The van der Waals surface area contributed by atoms with Gasteiger partial charge in [0, 0.05) is 18.6 Å². The molecule has 0 aromatic heterocycles. The minimum atomic E-state index is -1.31. The maximum atomic E-state index is 12.1. The second-order valence-corrected chi connectivity index (χ2v) is 5.35. The van der Waals surface area contributed by atoms with Gasteiger partial charge in [0.25, 0.3) is 5.69 Å². The summed E-state index contributed by atoms with van der Waals surface area (Å²) in [6.07, 6.45) is 0.0109. The molecule has 9 nitrogen and oxygen atoms in total. The molecule has 0 aliphatic carbocycles. The quantitative estimate of drug-likeness (QED) is 0.201. The fourth-order valence-corrected chi connectivity index (χ4v) is 2.92. The Balaban J connectivity index is 1.72. The van der Waals surface area contributed by atoms with E-state index in [4.69, 9.17) is 9.84 Å². The van der Waals surface area contributed by atoms with Crippen LogP contribution < -0.4 is 4.74 Å². The molecule has 1 aromatic rings. The molecule has 2 saturated heterocycles. The summed E-state index contributed by atoms with van der Waals surface area (Å²) < 4.78 is 5.03. The number of carbonyl (C=O) groups excluding carboxylic acids is 3. The molecular weight excluding hydrogens is 308 g/mol. The number of amides is 1. The normalized spacial score (nSPS) is 25.8. The standard InChI is InChI=1S/C14H12N2O7/c17-6-9-10-5-11(18)12(15(10)13(9)19)14(20)23-8-3-1-7(2-4-8)16(21)22/h1-4,9-10,12,17H,5-6H2. The van der Waals surface area contributed by atoms with E-state index in [0.29, 0.717) is 0 Å². The summed E-state index contributed by atoms with van der Waals surface area (Å²) in [7, 11) is 0. The van der Waals surface area contributed by atoms with E-state index < -0.39 is 40.6 Å². The number of aliphatic hydroxyl groups is 1. The van der Waals surface area contributed by atoms with Crippen LogP contribution in [0.25, 0.3) is 0 Å². The van der Waals surface area contributed by atoms with Crippen LogP contribution in [0.3, 0.4) is 0 Å². The SMILES string of the molecule is O=C1CC2C(CO)C(=O)N2C1C(=O)Oc1ccc([N+](=O)[O-])cc1. The van der Waals surface area contributed by atoms with Crippen LogP contribution in [0.4, 0.5) is 5.69 Å². The number of esters is 1. The summed E-state index contributed by atoms with van der Waals surface area (Å²) in [5.74, 6) is -2.39. The fraction of sp³-hybridized carbons (Fsp3) is 0.357. The number of nitro benzene ring substituents is 1. The molecule has 0 saturated carbocycles. The van der Waals surface area contributed by atoms with Crippen LogP contribution in [0.1, 0.15) is 6.42 Å². The number of rotatable bonds is 4. The Morgan fingerprint density at radius 2 is 2.00 bits per heavy atom. The van der Waals surface area contributed by atoms with E-state index >= 15 is 0 Å². The number of benzene rings is 1. The van der Waals surface area contributed by atoms with Crippen LogP contribution in [0.5, 0.6) is 5.75 Å². The largest absolute Gasteiger partial charge is 0.425 e. The number of hydrogen-bond donors (Lipinski definition) is 1. The van der Waals surface area contributed by atoms with Gasteiger partial charge in [0.05, 0.1) is 23.5 Å². The van der Waals surface area contributed by atoms with Crippen molar-refractivity contribution in [3.8, 4) is 5.75 Å². The Hall–Kier alpha value is -2.81. The highest BCUT2D eigenvalue weighted by Crippen LogP contribution is 2.38. The lowest BCUT2D eigenvalue weighted by atomic mass is 9.89. The number of nitro groups is 1. The van der Waals surface area contributed by atoms with E-state index in [1.807, 2.05) is 0 Å². The summed E-state index contributed by atoms with van der Waals surface area (Å²) >= 11 is 0. The highest BCUT2D eigenvalue weighted by Gasteiger charge is 2.59. The zero-order chi connectivity index (χ0) is 16.7. The van der Waals surface area contributed by atoms with Crippen LogP contribution in [-0.4, -0.2) is 51.3 Å². The van der Waals surface area contributed by atoms with Gasteiger partial charge in [-0.05, 0) is 12.1 Å². The number of β-lactam (4-membered cyclic amide) rings is 1. The number of non-ortho nitro benzene ring substituents is 1. The molecule has 3 unspecified atom stereocenters. The third kappa shape index (κ3) is 2.34. The van der Waals surface area contributed by atoms with Crippen LogP contribution in [0.15, 0.2) is 24.3 Å². The highest BCUT2D eigenvalue weighted by atomic mass is 16.6. The van der Waals surface area contributed by atoms with Gasteiger partial charge in [0.2, 0.25) is 5.91 Å². The zero-order valence-electron chi connectivity index (χ0n) is 11.7. The topological polar surface area (TPSA) is 127 Å². The van der Waals surface area contributed by atoms with Crippen molar-refractivity contribution in [2.75, 3.05) is 6.61 Å². The molecule has 2 heterocycles. The van der Waals surface area contributed by atoms with Gasteiger partial charge < -0.3 is 14.7 Å². The van der Waals surface area contributed by atoms with Crippen molar-refractivity contribution in [1.29, 1.82) is 0 Å². The average Bonchev–Trinajstić information content (AvgIpc) is 2.81. The van der Waals surface area contributed by atoms with Gasteiger partial charge in [-0.2, -0.15) is 0 Å². The molecule has 9 heteroatoms. The summed E-state index contributed by atoms with van der Waals surface area (Å²) in [5, 5.41) is 19.6. The van der Waals surface area contributed by atoms with E-state index in [1.165, 1.54) is 24.3 Å². The first-order chi connectivity index (χ1) is 10.9. The Morgan fingerprint density at radius 1 is 1.35 bits per heavy atom. The van der Waals surface area contributed by atoms with Gasteiger partial charge in [-0.3, -0.25) is 19.7 Å². The van der Waals surface area contributed by atoms with Gasteiger partial charge in [-0.15, -0.1) is 0 Å². The maximum absolute atomic E-state index is 12.1. The molecule has 2 fully saturated rings. The molecule has 2 aliphatic rings. The monoisotopic (exact) mass is 320 g/mol. The molecule has 23 heavy (non-hydrogen) atoms. The van der Waals surface area contributed by atoms with Crippen molar-refractivity contribution < 1.29 is 29.2 Å². The van der Waals surface area contributed by atoms with Crippen molar-refractivity contribution in [2.24, 2.45) is 5.92 Å². The lowest BCUT2D eigenvalue weighted by Crippen LogP contribution is -2.63. The predicted molar refractivity (Wildman–Crippen MR) is 73.4 cm³/mol. The minimum Gasteiger partial charge on any atom is -0.425 e. The molecule has 0 radical (unpaired) electrons. The Morgan fingerprint density at radius 3 is 2.57 bits per heavy atom. The predicted octanol–water partition coefficient (Wildman–Crippen LogP) is -0.339. The Bertz CT molecular complexity index is 700. The van der Waals surface area contributed by atoms with Crippen LogP contribution in [-0.2, 0) is 14.4 Å². The number of fused-ring (bicyclic) bond motifs is 1. The summed E-state index contributed by atoms with van der Waals surface area (Å²) in [6.45, 7) is -0.364. The Kier molecular flexibility index (Phi) is 3.57. The highest BCUT2D eigenvalue weighted by molar-refractivity contribution is 6.11. The number of carbonyl (C=O) groups is 3. The molecule has 3 atom stereocenters. The van der Waals surface area contributed by atoms with Crippen molar-refractivity contribution in [1.82, 2.24) is 4.90 Å². The van der Waals surface area contributed by atoms with Gasteiger partial charge in [0.1, 0.15) is 5.75 Å². The van der Waals surface area contributed by atoms with Gasteiger partial charge in [-0.25, -0.2) is 4.79 Å². The summed E-state index contributed by atoms with van der Waals surface area (Å²) in [6, 6.07) is 3.03. The second-order valence-electron chi connectivity index (χ2n) is 5.35. The van der Waals surface area contributed by atoms with Crippen molar-refractivity contribution >= 4 is 23.3 Å². The van der Waals surface area contributed by atoms with Gasteiger partial charge >= 0.3 is 5.97 Å². The number of nitrogens with zero attached hydrogens (tertiary/aromatic N) is 2. The molecule has 120 valence electrons. The molecule has 1 N–H and O–H groups in total. The average molecular weight is 320 g/mol. The Labute approximate surface area is 129 Å². The zero-order valence-corrected chi connectivity index (χ0v) is 11.7. The minimum absolute atomic E-state index is 0.0109. The number of aliphatic hydroxyl groups excluding tert-OH is 1. The van der Waals surface area contributed by atoms with Crippen LogP contribution in [0, 0.1) is 16.0 Å². The van der Waals surface area contributed by atoms with Crippen LogP contribution >= 0.6 is 0 Å². The van der Waals surface area contributed by atoms with Crippen molar-refractivity contribution in [2.45, 2.75) is 18.5 Å². The van der Waals surface area contributed by atoms with E-state index in [9.17, 15) is 24.5 Å². The first kappa shape index (κ1) is 15.1.